The monoisotopic (exact) mass is 270 g/mol. The third-order valence-electron chi connectivity index (χ3n) is 2.77. The second-order valence-electron chi connectivity index (χ2n) is 4.20. The van der Waals surface area contributed by atoms with Crippen LogP contribution >= 0.6 is 0 Å². The summed E-state index contributed by atoms with van der Waals surface area (Å²) in [6, 6.07) is 10.7. The zero-order valence-electron chi connectivity index (χ0n) is 11.0. The summed E-state index contributed by atoms with van der Waals surface area (Å²) >= 11 is 0. The van der Waals surface area contributed by atoms with Gasteiger partial charge in [0, 0.05) is 11.6 Å². The summed E-state index contributed by atoms with van der Waals surface area (Å²) < 4.78 is 0. The lowest BCUT2D eigenvalue weighted by molar-refractivity contribution is -0.385. The zero-order chi connectivity index (χ0) is 14.5. The molecular weight excluding hydrogens is 256 g/mol. The van der Waals surface area contributed by atoms with E-state index >= 15 is 0 Å². The Bertz CT molecular complexity index is 638. The minimum atomic E-state index is -0.490. The van der Waals surface area contributed by atoms with E-state index in [0.29, 0.717) is 11.5 Å². The van der Waals surface area contributed by atoms with Gasteiger partial charge in [-0.3, -0.25) is 21.0 Å². The molecule has 0 unspecified atom stereocenters. The van der Waals surface area contributed by atoms with Gasteiger partial charge in [-0.15, -0.1) is 0 Å². The highest BCUT2D eigenvalue weighted by Crippen LogP contribution is 2.15. The van der Waals surface area contributed by atoms with Crippen molar-refractivity contribution in [3.63, 3.8) is 0 Å². The third-order valence-corrected chi connectivity index (χ3v) is 2.77. The molecule has 0 aliphatic rings. The molecule has 0 saturated heterocycles. The van der Waals surface area contributed by atoms with E-state index in [1.165, 1.54) is 18.3 Å². The van der Waals surface area contributed by atoms with E-state index in [0.717, 1.165) is 11.1 Å². The molecule has 6 heteroatoms. The molecule has 102 valence electrons. The lowest BCUT2D eigenvalue weighted by Gasteiger charge is -2.13. The number of anilines is 1. The molecule has 0 fully saturated rings. The Hall–Kier alpha value is -2.89. The standard InChI is InChI=1S/C14H14N4O2/c1-10-5-3-4-6-13(10)11(2)16-17-14-8-7-12(9-15-14)18(19)20/h3-9,16H,2H2,1H3,(H,15,17). The topological polar surface area (TPSA) is 80.1 Å². The van der Waals surface area contributed by atoms with Crippen molar-refractivity contribution in [2.45, 2.75) is 6.92 Å². The number of nitro groups is 1. The number of nitrogens with zero attached hydrogens (tertiary/aromatic N) is 2. The first-order chi connectivity index (χ1) is 9.58. The normalized spacial score (nSPS) is 9.85. The lowest BCUT2D eigenvalue weighted by Crippen LogP contribution is -2.20. The van der Waals surface area contributed by atoms with Crippen LogP contribution in [-0.4, -0.2) is 9.91 Å². The Morgan fingerprint density at radius 1 is 1.30 bits per heavy atom. The highest BCUT2D eigenvalue weighted by atomic mass is 16.6. The Kier molecular flexibility index (Phi) is 3.95. The molecule has 2 N–H and O–H groups in total. The van der Waals surface area contributed by atoms with Crippen LogP contribution in [-0.2, 0) is 0 Å². The summed E-state index contributed by atoms with van der Waals surface area (Å²) in [5.41, 5.74) is 8.52. The fraction of sp³-hybridized carbons (Fsp3) is 0.0714. The number of hydrogen-bond donors (Lipinski definition) is 2. The number of hydrazine groups is 1. The molecule has 20 heavy (non-hydrogen) atoms. The number of benzene rings is 1. The van der Waals surface area contributed by atoms with Gasteiger partial charge in [0.15, 0.2) is 0 Å². The van der Waals surface area contributed by atoms with E-state index in [2.05, 4.69) is 22.4 Å². The van der Waals surface area contributed by atoms with Gasteiger partial charge in [0.2, 0.25) is 0 Å². The highest BCUT2D eigenvalue weighted by Gasteiger charge is 2.05. The lowest BCUT2D eigenvalue weighted by atomic mass is 10.1. The highest BCUT2D eigenvalue weighted by molar-refractivity contribution is 5.65. The van der Waals surface area contributed by atoms with E-state index in [4.69, 9.17) is 0 Å². The average molecular weight is 270 g/mol. The van der Waals surface area contributed by atoms with Crippen LogP contribution < -0.4 is 10.9 Å². The summed E-state index contributed by atoms with van der Waals surface area (Å²) in [5, 5.41) is 10.5. The van der Waals surface area contributed by atoms with Crippen LogP contribution in [0.25, 0.3) is 5.70 Å². The smallest absolute Gasteiger partial charge is 0.287 e. The zero-order valence-corrected chi connectivity index (χ0v) is 11.0. The maximum atomic E-state index is 10.5. The van der Waals surface area contributed by atoms with Gasteiger partial charge in [0.05, 0.1) is 10.6 Å². The summed E-state index contributed by atoms with van der Waals surface area (Å²) in [6.07, 6.45) is 1.19. The van der Waals surface area contributed by atoms with Crippen molar-refractivity contribution in [1.29, 1.82) is 0 Å². The van der Waals surface area contributed by atoms with Gasteiger partial charge in [-0.2, -0.15) is 0 Å². The van der Waals surface area contributed by atoms with E-state index in [1.807, 2.05) is 31.2 Å². The predicted octanol–water partition coefficient (Wildman–Crippen LogP) is 2.89. The Labute approximate surface area is 116 Å². The summed E-state index contributed by atoms with van der Waals surface area (Å²) in [7, 11) is 0. The van der Waals surface area contributed by atoms with Crippen molar-refractivity contribution in [2.24, 2.45) is 0 Å². The SMILES string of the molecule is C=C(NNc1ccc([N+](=O)[O-])cn1)c1ccccc1C. The van der Waals surface area contributed by atoms with E-state index < -0.39 is 4.92 Å². The van der Waals surface area contributed by atoms with Crippen LogP contribution in [0.3, 0.4) is 0 Å². The molecule has 0 radical (unpaired) electrons. The molecule has 2 rings (SSSR count). The van der Waals surface area contributed by atoms with Crippen LogP contribution in [0.1, 0.15) is 11.1 Å². The van der Waals surface area contributed by atoms with Crippen LogP contribution in [0.4, 0.5) is 11.5 Å². The van der Waals surface area contributed by atoms with Crippen molar-refractivity contribution in [1.82, 2.24) is 10.4 Å². The van der Waals surface area contributed by atoms with Gasteiger partial charge in [0.1, 0.15) is 12.0 Å². The average Bonchev–Trinajstić information content (AvgIpc) is 2.45. The van der Waals surface area contributed by atoms with Crippen molar-refractivity contribution in [3.05, 3.63) is 70.4 Å². The molecule has 1 aromatic carbocycles. The minimum absolute atomic E-state index is 0.0479. The molecule has 2 aromatic rings. The fourth-order valence-corrected chi connectivity index (χ4v) is 1.69. The number of aromatic nitrogens is 1. The molecule has 0 amide bonds. The molecule has 1 heterocycles. The van der Waals surface area contributed by atoms with Crippen molar-refractivity contribution < 1.29 is 4.92 Å². The molecule has 0 spiro atoms. The molecule has 6 nitrogen and oxygen atoms in total. The third kappa shape index (κ3) is 3.11. The first-order valence-electron chi connectivity index (χ1n) is 5.95. The summed E-state index contributed by atoms with van der Waals surface area (Å²) in [4.78, 5) is 14.0. The number of rotatable bonds is 5. The molecule has 0 bridgehead atoms. The van der Waals surface area contributed by atoms with Crippen molar-refractivity contribution in [2.75, 3.05) is 5.43 Å². The fourth-order valence-electron chi connectivity index (χ4n) is 1.69. The molecular formula is C14H14N4O2. The number of nitrogens with one attached hydrogen (secondary N) is 2. The second-order valence-corrected chi connectivity index (χ2v) is 4.20. The van der Waals surface area contributed by atoms with Crippen LogP contribution in [0.15, 0.2) is 49.2 Å². The predicted molar refractivity (Wildman–Crippen MR) is 77.9 cm³/mol. The van der Waals surface area contributed by atoms with Crippen molar-refractivity contribution in [3.8, 4) is 0 Å². The minimum Gasteiger partial charge on any atom is -0.300 e. The largest absolute Gasteiger partial charge is 0.300 e. The maximum Gasteiger partial charge on any atom is 0.287 e. The quantitative estimate of drug-likeness (QED) is 0.645. The molecule has 0 aliphatic heterocycles. The summed E-state index contributed by atoms with van der Waals surface area (Å²) in [5.74, 6) is 0.477. The van der Waals surface area contributed by atoms with Gasteiger partial charge < -0.3 is 0 Å². The molecule has 1 aromatic heterocycles. The Morgan fingerprint density at radius 3 is 2.65 bits per heavy atom. The number of pyridine rings is 1. The van der Waals surface area contributed by atoms with E-state index in [1.54, 1.807) is 0 Å². The van der Waals surface area contributed by atoms with Gasteiger partial charge in [0.25, 0.3) is 5.69 Å². The van der Waals surface area contributed by atoms with E-state index in [-0.39, 0.29) is 5.69 Å². The van der Waals surface area contributed by atoms with Gasteiger partial charge in [-0.1, -0.05) is 30.8 Å². The van der Waals surface area contributed by atoms with Crippen LogP contribution in [0, 0.1) is 17.0 Å². The van der Waals surface area contributed by atoms with Crippen LogP contribution in [0.2, 0.25) is 0 Å². The Morgan fingerprint density at radius 2 is 2.05 bits per heavy atom. The summed E-state index contributed by atoms with van der Waals surface area (Å²) in [6.45, 7) is 5.93. The maximum absolute atomic E-state index is 10.5. The van der Waals surface area contributed by atoms with Crippen LogP contribution in [0.5, 0.6) is 0 Å². The number of hydrogen-bond acceptors (Lipinski definition) is 5. The molecule has 0 aliphatic carbocycles. The van der Waals surface area contributed by atoms with Gasteiger partial charge >= 0.3 is 0 Å². The molecule has 0 saturated carbocycles. The van der Waals surface area contributed by atoms with Crippen molar-refractivity contribution >= 4 is 17.2 Å². The number of aryl methyl sites for hydroxylation is 1. The van der Waals surface area contributed by atoms with E-state index in [9.17, 15) is 10.1 Å². The first-order valence-corrected chi connectivity index (χ1v) is 5.95. The Balaban J connectivity index is 2.00. The van der Waals surface area contributed by atoms with Gasteiger partial charge in [-0.05, 0) is 18.6 Å². The second kappa shape index (κ2) is 5.83. The first kappa shape index (κ1) is 13.5. The molecule has 0 atom stereocenters. The van der Waals surface area contributed by atoms with Gasteiger partial charge in [-0.25, -0.2) is 4.98 Å².